The number of Topliss-reactive ketones (excluding diaryl/α,β-unsaturated/α-hetero) is 1. The number of nitrogens with one attached hydrogen (secondary N) is 1. The number of ether oxygens (including phenoxy) is 2. The van der Waals surface area contributed by atoms with Crippen molar-refractivity contribution in [2.45, 2.75) is 53.1 Å². The molecule has 1 aliphatic carbocycles. The molecular weight excluding hydrogens is 430 g/mol. The van der Waals surface area contributed by atoms with E-state index in [4.69, 9.17) is 9.47 Å². The van der Waals surface area contributed by atoms with Crippen molar-refractivity contribution in [3.63, 3.8) is 0 Å². The number of carbonyl (C=O) groups excluding carboxylic acids is 3. The Kier molecular flexibility index (Phi) is 6.42. The number of allylic oxidation sites excluding steroid dienone is 3. The van der Waals surface area contributed by atoms with Crippen molar-refractivity contribution in [3.8, 4) is 5.75 Å². The van der Waals surface area contributed by atoms with Gasteiger partial charge in [-0.15, -0.1) is 0 Å². The van der Waals surface area contributed by atoms with Crippen molar-refractivity contribution >= 4 is 17.7 Å². The zero-order valence-corrected chi connectivity index (χ0v) is 19.9. The molecule has 0 saturated carbocycles. The molecule has 2 aromatic rings. The van der Waals surface area contributed by atoms with Gasteiger partial charge in [-0.25, -0.2) is 4.79 Å². The molecule has 2 aromatic carbocycles. The highest BCUT2D eigenvalue weighted by Crippen LogP contribution is 2.47. The summed E-state index contributed by atoms with van der Waals surface area (Å²) in [4.78, 5) is 38.0. The number of dihydropyridines is 1. The van der Waals surface area contributed by atoms with Crippen molar-refractivity contribution in [2.24, 2.45) is 5.41 Å². The number of hydrogen-bond acceptors (Lipinski definition) is 6. The normalized spacial score (nSPS) is 19.3. The van der Waals surface area contributed by atoms with E-state index in [-0.39, 0.29) is 17.8 Å². The Morgan fingerprint density at radius 3 is 2.35 bits per heavy atom. The SMILES string of the molecule is CC(=O)Oc1ccc(C2C(C(=O)OCc3ccccc3)=C(C)NC3=C2C(=O)CC(C)(C)C3)cc1. The van der Waals surface area contributed by atoms with Crippen LogP contribution in [0.1, 0.15) is 57.6 Å². The lowest BCUT2D eigenvalue weighted by Crippen LogP contribution is -2.38. The zero-order valence-electron chi connectivity index (χ0n) is 19.9. The maximum absolute atomic E-state index is 13.4. The average Bonchev–Trinajstić information content (AvgIpc) is 2.76. The fourth-order valence-electron chi connectivity index (χ4n) is 4.74. The van der Waals surface area contributed by atoms with Crippen LogP contribution in [-0.4, -0.2) is 17.7 Å². The fourth-order valence-corrected chi connectivity index (χ4v) is 4.74. The van der Waals surface area contributed by atoms with Crippen LogP contribution in [0.15, 0.2) is 77.1 Å². The van der Waals surface area contributed by atoms with Crippen LogP contribution in [0.5, 0.6) is 5.75 Å². The van der Waals surface area contributed by atoms with Crippen molar-refractivity contribution in [1.29, 1.82) is 0 Å². The number of esters is 2. The summed E-state index contributed by atoms with van der Waals surface area (Å²) in [7, 11) is 0. The summed E-state index contributed by atoms with van der Waals surface area (Å²) in [6.07, 6.45) is 1.11. The van der Waals surface area contributed by atoms with Gasteiger partial charge >= 0.3 is 11.9 Å². The van der Waals surface area contributed by atoms with Crippen LogP contribution < -0.4 is 10.1 Å². The summed E-state index contributed by atoms with van der Waals surface area (Å²) >= 11 is 0. The van der Waals surface area contributed by atoms with Gasteiger partial charge in [0.1, 0.15) is 12.4 Å². The Labute approximate surface area is 199 Å². The molecule has 0 amide bonds. The van der Waals surface area contributed by atoms with E-state index in [0.29, 0.717) is 35.4 Å². The van der Waals surface area contributed by atoms with Crippen LogP contribution in [0, 0.1) is 5.41 Å². The Morgan fingerprint density at radius 2 is 1.71 bits per heavy atom. The molecule has 1 unspecified atom stereocenters. The molecule has 1 N–H and O–H groups in total. The standard InChI is InChI=1S/C28H29NO5/c1-17-24(27(32)33-16-19-8-6-5-7-9-19)25(20-10-12-21(13-11-20)34-18(2)30)26-22(29-17)14-28(3,4)15-23(26)31/h5-13,25,29H,14-16H2,1-4H3. The molecule has 4 rings (SSSR count). The molecule has 176 valence electrons. The quantitative estimate of drug-likeness (QED) is 0.503. The number of benzene rings is 2. The second-order valence-corrected chi connectivity index (χ2v) is 9.65. The summed E-state index contributed by atoms with van der Waals surface area (Å²) < 4.78 is 10.8. The molecule has 1 heterocycles. The van der Waals surface area contributed by atoms with Crippen molar-refractivity contribution in [1.82, 2.24) is 5.32 Å². The van der Waals surface area contributed by atoms with E-state index in [1.807, 2.05) is 37.3 Å². The molecule has 6 nitrogen and oxygen atoms in total. The van der Waals surface area contributed by atoms with Gasteiger partial charge in [0.15, 0.2) is 5.78 Å². The van der Waals surface area contributed by atoms with E-state index in [2.05, 4.69) is 19.2 Å². The third-order valence-corrected chi connectivity index (χ3v) is 6.15. The van der Waals surface area contributed by atoms with Crippen molar-refractivity contribution in [3.05, 3.63) is 88.3 Å². The minimum atomic E-state index is -0.561. The van der Waals surface area contributed by atoms with Gasteiger partial charge in [0, 0.05) is 36.2 Å². The maximum atomic E-state index is 13.4. The molecule has 34 heavy (non-hydrogen) atoms. The molecule has 1 atom stereocenters. The van der Waals surface area contributed by atoms with Crippen LogP contribution in [0.4, 0.5) is 0 Å². The number of hydrogen-bond donors (Lipinski definition) is 1. The summed E-state index contributed by atoms with van der Waals surface area (Å²) in [5.41, 5.74) is 4.04. The zero-order chi connectivity index (χ0) is 24.5. The first-order valence-electron chi connectivity index (χ1n) is 11.4. The molecule has 1 aliphatic heterocycles. The van der Waals surface area contributed by atoms with Gasteiger partial charge in [0.25, 0.3) is 0 Å². The van der Waals surface area contributed by atoms with E-state index in [1.165, 1.54) is 6.92 Å². The van der Waals surface area contributed by atoms with Gasteiger partial charge in [0.05, 0.1) is 5.57 Å². The van der Waals surface area contributed by atoms with Gasteiger partial charge < -0.3 is 14.8 Å². The molecular formula is C28H29NO5. The predicted molar refractivity (Wildman–Crippen MR) is 128 cm³/mol. The first kappa shape index (κ1) is 23.5. The molecule has 0 radical (unpaired) electrons. The maximum Gasteiger partial charge on any atom is 0.337 e. The van der Waals surface area contributed by atoms with E-state index >= 15 is 0 Å². The minimum absolute atomic E-state index is 0.0219. The van der Waals surface area contributed by atoms with E-state index < -0.39 is 17.9 Å². The van der Waals surface area contributed by atoms with Gasteiger partial charge in [0.2, 0.25) is 0 Å². The highest BCUT2D eigenvalue weighted by Gasteiger charge is 2.43. The monoisotopic (exact) mass is 459 g/mol. The second kappa shape index (κ2) is 9.29. The number of carbonyl (C=O) groups is 3. The van der Waals surface area contributed by atoms with Crippen LogP contribution in [0.25, 0.3) is 0 Å². The first-order chi connectivity index (χ1) is 16.1. The third-order valence-electron chi connectivity index (χ3n) is 6.15. The first-order valence-corrected chi connectivity index (χ1v) is 11.4. The smallest absolute Gasteiger partial charge is 0.337 e. The van der Waals surface area contributed by atoms with Crippen LogP contribution in [0.2, 0.25) is 0 Å². The molecule has 0 fully saturated rings. The number of ketones is 1. The topological polar surface area (TPSA) is 81.7 Å². The van der Waals surface area contributed by atoms with Gasteiger partial charge in [-0.1, -0.05) is 56.3 Å². The largest absolute Gasteiger partial charge is 0.457 e. The Hall–Kier alpha value is -3.67. The summed E-state index contributed by atoms with van der Waals surface area (Å²) in [5.74, 6) is -1.01. The number of rotatable bonds is 5. The van der Waals surface area contributed by atoms with Crippen LogP contribution in [0.3, 0.4) is 0 Å². The minimum Gasteiger partial charge on any atom is -0.457 e. The molecule has 0 saturated heterocycles. The predicted octanol–water partition coefficient (Wildman–Crippen LogP) is 4.96. The van der Waals surface area contributed by atoms with Gasteiger partial charge in [-0.05, 0) is 42.0 Å². The lowest BCUT2D eigenvalue weighted by molar-refractivity contribution is -0.140. The van der Waals surface area contributed by atoms with Crippen molar-refractivity contribution < 1.29 is 23.9 Å². The molecule has 2 aliphatic rings. The summed E-state index contributed by atoms with van der Waals surface area (Å²) in [6.45, 7) is 7.47. The van der Waals surface area contributed by atoms with Crippen LogP contribution >= 0.6 is 0 Å². The second-order valence-electron chi connectivity index (χ2n) is 9.65. The summed E-state index contributed by atoms with van der Waals surface area (Å²) in [5, 5.41) is 3.34. The Balaban J connectivity index is 1.72. The summed E-state index contributed by atoms with van der Waals surface area (Å²) in [6, 6.07) is 16.4. The molecule has 0 spiro atoms. The lowest BCUT2D eigenvalue weighted by atomic mass is 9.68. The van der Waals surface area contributed by atoms with Gasteiger partial charge in [-0.2, -0.15) is 0 Å². The lowest BCUT2D eigenvalue weighted by Gasteiger charge is -2.39. The van der Waals surface area contributed by atoms with E-state index in [0.717, 1.165) is 16.8 Å². The van der Waals surface area contributed by atoms with Gasteiger partial charge in [-0.3, -0.25) is 9.59 Å². The molecule has 0 aromatic heterocycles. The fraction of sp³-hybridized carbons (Fsp3) is 0.321. The highest BCUT2D eigenvalue weighted by molar-refractivity contribution is 6.04. The van der Waals surface area contributed by atoms with E-state index in [9.17, 15) is 14.4 Å². The van der Waals surface area contributed by atoms with Crippen LogP contribution in [-0.2, 0) is 25.7 Å². The Morgan fingerprint density at radius 1 is 1.03 bits per heavy atom. The third kappa shape index (κ3) is 4.96. The average molecular weight is 460 g/mol. The highest BCUT2D eigenvalue weighted by atomic mass is 16.5. The van der Waals surface area contributed by atoms with Crippen molar-refractivity contribution in [2.75, 3.05) is 0 Å². The molecule has 0 bridgehead atoms. The molecule has 6 heteroatoms. The van der Waals surface area contributed by atoms with E-state index in [1.54, 1.807) is 24.3 Å². The Bertz CT molecular complexity index is 1190.